The van der Waals surface area contributed by atoms with Crippen molar-refractivity contribution in [1.82, 2.24) is 10.6 Å². The molecule has 0 aliphatic heterocycles. The van der Waals surface area contributed by atoms with E-state index >= 15 is 0 Å². The first-order chi connectivity index (χ1) is 9.19. The predicted octanol–water partition coefficient (Wildman–Crippen LogP) is 1.85. The topological polar surface area (TPSA) is 64.9 Å². The Kier molecular flexibility index (Phi) is 6.10. The van der Waals surface area contributed by atoms with Gasteiger partial charge >= 0.3 is 0 Å². The Labute approximate surface area is 111 Å². The van der Waals surface area contributed by atoms with E-state index in [-0.39, 0.29) is 17.9 Å². The summed E-state index contributed by atoms with van der Waals surface area (Å²) in [5.74, 6) is -0.747. The highest BCUT2D eigenvalue weighted by molar-refractivity contribution is 5.97. The van der Waals surface area contributed by atoms with Gasteiger partial charge in [0.2, 0.25) is 0 Å². The summed E-state index contributed by atoms with van der Waals surface area (Å²) in [5.41, 5.74) is 0.454. The summed E-state index contributed by atoms with van der Waals surface area (Å²) in [7, 11) is 0. The van der Waals surface area contributed by atoms with Crippen molar-refractivity contribution in [2.75, 3.05) is 6.54 Å². The van der Waals surface area contributed by atoms with Crippen LogP contribution >= 0.6 is 0 Å². The van der Waals surface area contributed by atoms with E-state index in [1.54, 1.807) is 24.3 Å². The molecule has 0 heterocycles. The van der Waals surface area contributed by atoms with Crippen LogP contribution < -0.4 is 10.6 Å². The van der Waals surface area contributed by atoms with Gasteiger partial charge in [0, 0.05) is 24.9 Å². The minimum absolute atomic E-state index is 0.0233. The summed E-state index contributed by atoms with van der Waals surface area (Å²) in [4.78, 5) is 11.5. The van der Waals surface area contributed by atoms with Gasteiger partial charge in [-0.15, -0.1) is 0 Å². The van der Waals surface area contributed by atoms with Crippen molar-refractivity contribution in [3.05, 3.63) is 47.4 Å². The average molecular weight is 261 g/mol. The number of nitrogens with zero attached hydrogens (tertiary/aromatic N) is 1. The van der Waals surface area contributed by atoms with Crippen LogP contribution in [0.15, 0.2) is 36.0 Å². The number of carbonyl (C=O) groups is 1. The molecule has 1 rings (SSSR count). The maximum absolute atomic E-state index is 13.3. The number of hydrogen-bond acceptors (Lipinski definition) is 3. The normalized spacial score (nSPS) is 10.7. The van der Waals surface area contributed by atoms with Gasteiger partial charge in [-0.05, 0) is 12.5 Å². The van der Waals surface area contributed by atoms with Gasteiger partial charge < -0.3 is 10.6 Å². The van der Waals surface area contributed by atoms with Gasteiger partial charge in [-0.1, -0.05) is 25.1 Å². The van der Waals surface area contributed by atoms with Gasteiger partial charge in [0.1, 0.15) is 17.5 Å². The number of hydrogen-bond donors (Lipinski definition) is 2. The molecule has 0 radical (unpaired) electrons. The molecule has 100 valence electrons. The number of amides is 1. The van der Waals surface area contributed by atoms with E-state index < -0.39 is 5.91 Å². The molecule has 0 aliphatic carbocycles. The van der Waals surface area contributed by atoms with Gasteiger partial charge in [-0.3, -0.25) is 4.79 Å². The second-order valence-electron chi connectivity index (χ2n) is 3.90. The molecule has 0 saturated heterocycles. The predicted molar refractivity (Wildman–Crippen MR) is 70.2 cm³/mol. The number of nitrogens with one attached hydrogen (secondary N) is 2. The molecule has 1 aromatic carbocycles. The lowest BCUT2D eigenvalue weighted by atomic mass is 10.2. The molecule has 0 atom stereocenters. The summed E-state index contributed by atoms with van der Waals surface area (Å²) in [5, 5.41) is 14.2. The molecular weight excluding hydrogens is 245 g/mol. The fourth-order valence-corrected chi connectivity index (χ4v) is 1.39. The summed E-state index contributed by atoms with van der Waals surface area (Å²) in [6.45, 7) is 2.66. The van der Waals surface area contributed by atoms with E-state index in [2.05, 4.69) is 10.6 Å². The first-order valence-corrected chi connectivity index (χ1v) is 6.04. The van der Waals surface area contributed by atoms with Crippen molar-refractivity contribution in [2.24, 2.45) is 0 Å². The van der Waals surface area contributed by atoms with Gasteiger partial charge in [-0.25, -0.2) is 4.39 Å². The Hall–Kier alpha value is -2.35. The van der Waals surface area contributed by atoms with E-state index in [9.17, 15) is 9.18 Å². The standard InChI is InChI=1S/C14H16FN3O/c1-2-7-18-14(19)12(8-16)10-17-9-11-5-3-4-6-13(11)15/h3-6,10,17H,2,7,9H2,1H3,(H,18,19)/b12-10-. The fourth-order valence-electron chi connectivity index (χ4n) is 1.39. The first kappa shape index (κ1) is 14.7. The summed E-state index contributed by atoms with van der Waals surface area (Å²) >= 11 is 0. The molecule has 4 nitrogen and oxygen atoms in total. The molecule has 1 aromatic rings. The maximum Gasteiger partial charge on any atom is 0.263 e. The molecule has 2 N–H and O–H groups in total. The molecule has 0 aliphatic rings. The van der Waals surface area contributed by atoms with E-state index in [0.717, 1.165) is 6.42 Å². The zero-order valence-corrected chi connectivity index (χ0v) is 10.7. The smallest absolute Gasteiger partial charge is 0.263 e. The van der Waals surface area contributed by atoms with E-state index in [1.807, 2.05) is 6.92 Å². The van der Waals surface area contributed by atoms with E-state index in [0.29, 0.717) is 12.1 Å². The quantitative estimate of drug-likeness (QED) is 0.606. The largest absolute Gasteiger partial charge is 0.385 e. The zero-order chi connectivity index (χ0) is 14.1. The van der Waals surface area contributed by atoms with Gasteiger partial charge in [0.15, 0.2) is 0 Å². The van der Waals surface area contributed by atoms with Crippen molar-refractivity contribution in [3.63, 3.8) is 0 Å². The third kappa shape index (κ3) is 4.80. The van der Waals surface area contributed by atoms with E-state index in [4.69, 9.17) is 5.26 Å². The van der Waals surface area contributed by atoms with Crippen LogP contribution in [-0.2, 0) is 11.3 Å². The molecule has 0 spiro atoms. The Morgan fingerprint density at radius 3 is 2.84 bits per heavy atom. The highest BCUT2D eigenvalue weighted by Crippen LogP contribution is 2.05. The van der Waals surface area contributed by atoms with Crippen molar-refractivity contribution in [3.8, 4) is 6.07 Å². The van der Waals surface area contributed by atoms with Crippen LogP contribution in [-0.4, -0.2) is 12.5 Å². The molecule has 19 heavy (non-hydrogen) atoms. The molecule has 0 saturated carbocycles. The first-order valence-electron chi connectivity index (χ1n) is 6.04. The van der Waals surface area contributed by atoms with Gasteiger partial charge in [0.25, 0.3) is 5.91 Å². The van der Waals surface area contributed by atoms with Gasteiger partial charge in [0.05, 0.1) is 0 Å². The SMILES string of the molecule is CCCNC(=O)/C(C#N)=C\NCc1ccccc1F. The van der Waals surface area contributed by atoms with Crippen LogP contribution in [0.2, 0.25) is 0 Å². The number of rotatable bonds is 6. The third-order valence-corrected chi connectivity index (χ3v) is 2.40. The highest BCUT2D eigenvalue weighted by atomic mass is 19.1. The Balaban J connectivity index is 2.57. The van der Waals surface area contributed by atoms with Crippen LogP contribution in [0.5, 0.6) is 0 Å². The number of nitriles is 1. The molecule has 0 fully saturated rings. The van der Waals surface area contributed by atoms with Crippen molar-refractivity contribution in [1.29, 1.82) is 5.26 Å². The van der Waals surface area contributed by atoms with Crippen LogP contribution in [0.4, 0.5) is 4.39 Å². The molecule has 0 aromatic heterocycles. The molecule has 0 unspecified atom stereocenters. The Bertz CT molecular complexity index is 506. The van der Waals surface area contributed by atoms with Crippen molar-refractivity contribution >= 4 is 5.91 Å². The molecule has 5 heteroatoms. The summed E-state index contributed by atoms with van der Waals surface area (Å²) in [6, 6.07) is 8.13. The zero-order valence-electron chi connectivity index (χ0n) is 10.7. The minimum atomic E-state index is -0.426. The van der Waals surface area contributed by atoms with E-state index in [1.165, 1.54) is 12.3 Å². The second kappa shape index (κ2) is 7.88. The van der Waals surface area contributed by atoms with Gasteiger partial charge in [-0.2, -0.15) is 5.26 Å². The van der Waals surface area contributed by atoms with Crippen molar-refractivity contribution < 1.29 is 9.18 Å². The highest BCUT2D eigenvalue weighted by Gasteiger charge is 2.07. The molecule has 1 amide bonds. The van der Waals surface area contributed by atoms with Crippen molar-refractivity contribution in [2.45, 2.75) is 19.9 Å². The Morgan fingerprint density at radius 2 is 2.21 bits per heavy atom. The lowest BCUT2D eigenvalue weighted by molar-refractivity contribution is -0.117. The maximum atomic E-state index is 13.3. The number of benzene rings is 1. The van der Waals surface area contributed by atoms with Crippen LogP contribution in [0, 0.1) is 17.1 Å². The average Bonchev–Trinajstić information content (AvgIpc) is 2.43. The lowest BCUT2D eigenvalue weighted by Crippen LogP contribution is -2.26. The fraction of sp³-hybridized carbons (Fsp3) is 0.286. The lowest BCUT2D eigenvalue weighted by Gasteiger charge is -2.04. The van der Waals surface area contributed by atoms with Crippen LogP contribution in [0.3, 0.4) is 0 Å². The van der Waals surface area contributed by atoms with Crippen LogP contribution in [0.25, 0.3) is 0 Å². The van der Waals surface area contributed by atoms with Crippen LogP contribution in [0.1, 0.15) is 18.9 Å². The monoisotopic (exact) mass is 261 g/mol. The minimum Gasteiger partial charge on any atom is -0.385 e. The third-order valence-electron chi connectivity index (χ3n) is 2.40. The summed E-state index contributed by atoms with van der Waals surface area (Å²) < 4.78 is 13.3. The molecular formula is C14H16FN3O. The Morgan fingerprint density at radius 1 is 1.47 bits per heavy atom. The molecule has 0 bridgehead atoms. The number of carbonyl (C=O) groups excluding carboxylic acids is 1. The summed E-state index contributed by atoms with van der Waals surface area (Å²) in [6.07, 6.45) is 2.10. The second-order valence-corrected chi connectivity index (χ2v) is 3.90. The number of halogens is 1.